The van der Waals surface area contributed by atoms with Crippen molar-refractivity contribution < 1.29 is 9.53 Å². The summed E-state index contributed by atoms with van der Waals surface area (Å²) in [6.45, 7) is 0. The maximum absolute atomic E-state index is 12.7. The highest BCUT2D eigenvalue weighted by molar-refractivity contribution is 7.12. The number of H-pyrrole nitrogens is 1. The molecule has 0 aliphatic heterocycles. The second-order valence-corrected chi connectivity index (χ2v) is 6.61. The molecule has 0 radical (unpaired) electrons. The monoisotopic (exact) mass is 376 g/mol. The lowest BCUT2D eigenvalue weighted by molar-refractivity contribution is 0.103. The van der Waals surface area contributed by atoms with E-state index in [2.05, 4.69) is 20.5 Å². The molecule has 0 aliphatic rings. The fourth-order valence-corrected chi connectivity index (χ4v) is 3.58. The predicted octanol–water partition coefficient (Wildman–Crippen LogP) is 4.46. The van der Waals surface area contributed by atoms with Gasteiger partial charge in [0.2, 0.25) is 5.95 Å². The van der Waals surface area contributed by atoms with Crippen LogP contribution in [0.3, 0.4) is 0 Å². The predicted molar refractivity (Wildman–Crippen MR) is 106 cm³/mol. The van der Waals surface area contributed by atoms with Gasteiger partial charge in [0, 0.05) is 5.56 Å². The standard InChI is InChI=1S/C20H16N4O2S/c1-26-16-10-6-5-9-15(16)18-21-20(24-23-18)22-19(25)17-14(11-12-27-17)13-7-3-2-4-8-13/h2-12H,1H3,(H2,21,22,23,24,25). The van der Waals surface area contributed by atoms with Crippen LogP contribution in [-0.2, 0) is 0 Å². The Balaban J connectivity index is 1.57. The number of nitrogens with one attached hydrogen (secondary N) is 2. The SMILES string of the molecule is COc1ccccc1-c1nc(NC(=O)c2sccc2-c2ccccc2)n[nH]1. The van der Waals surface area contributed by atoms with Gasteiger partial charge in [0.25, 0.3) is 5.91 Å². The molecule has 0 unspecified atom stereocenters. The zero-order chi connectivity index (χ0) is 18.6. The van der Waals surface area contributed by atoms with E-state index in [9.17, 15) is 4.79 Å². The van der Waals surface area contributed by atoms with Gasteiger partial charge in [-0.15, -0.1) is 16.4 Å². The van der Waals surface area contributed by atoms with E-state index in [1.165, 1.54) is 11.3 Å². The van der Waals surface area contributed by atoms with Gasteiger partial charge in [-0.05, 0) is 29.1 Å². The number of methoxy groups -OCH3 is 1. The Hall–Kier alpha value is -3.45. The van der Waals surface area contributed by atoms with Crippen molar-refractivity contribution in [1.82, 2.24) is 15.2 Å². The van der Waals surface area contributed by atoms with Crippen LogP contribution in [0.1, 0.15) is 9.67 Å². The van der Waals surface area contributed by atoms with Crippen molar-refractivity contribution in [2.75, 3.05) is 12.4 Å². The van der Waals surface area contributed by atoms with Crippen LogP contribution in [0.2, 0.25) is 0 Å². The van der Waals surface area contributed by atoms with Crippen LogP contribution < -0.4 is 10.1 Å². The fourth-order valence-electron chi connectivity index (χ4n) is 2.77. The van der Waals surface area contributed by atoms with Gasteiger partial charge in [-0.25, -0.2) is 0 Å². The molecule has 1 amide bonds. The summed E-state index contributed by atoms with van der Waals surface area (Å²) >= 11 is 1.38. The molecule has 2 aromatic heterocycles. The Morgan fingerprint density at radius 3 is 2.63 bits per heavy atom. The van der Waals surface area contributed by atoms with Gasteiger partial charge in [-0.3, -0.25) is 15.2 Å². The van der Waals surface area contributed by atoms with E-state index in [4.69, 9.17) is 4.74 Å². The van der Waals surface area contributed by atoms with Crippen molar-refractivity contribution in [3.8, 4) is 28.3 Å². The number of ether oxygens (including phenoxy) is 1. The minimum absolute atomic E-state index is 0.216. The molecule has 0 saturated carbocycles. The summed E-state index contributed by atoms with van der Waals surface area (Å²) in [5.74, 6) is 1.18. The number of carbonyl (C=O) groups excluding carboxylic acids is 1. The van der Waals surface area contributed by atoms with E-state index in [1.807, 2.05) is 66.0 Å². The van der Waals surface area contributed by atoms with Crippen LogP contribution in [-0.4, -0.2) is 28.2 Å². The van der Waals surface area contributed by atoms with E-state index in [0.717, 1.165) is 16.7 Å². The van der Waals surface area contributed by atoms with Crippen molar-refractivity contribution in [2.24, 2.45) is 0 Å². The van der Waals surface area contributed by atoms with E-state index in [1.54, 1.807) is 7.11 Å². The average molecular weight is 376 g/mol. The summed E-state index contributed by atoms with van der Waals surface area (Å²) in [6, 6.07) is 19.2. The number of hydrogen-bond donors (Lipinski definition) is 2. The molecule has 4 aromatic rings. The molecule has 7 heteroatoms. The van der Waals surface area contributed by atoms with Crippen molar-refractivity contribution in [3.05, 3.63) is 70.9 Å². The van der Waals surface area contributed by atoms with E-state index < -0.39 is 0 Å². The lowest BCUT2D eigenvalue weighted by Crippen LogP contribution is -2.12. The van der Waals surface area contributed by atoms with Crippen molar-refractivity contribution in [2.45, 2.75) is 0 Å². The molecule has 0 spiro atoms. The van der Waals surface area contributed by atoms with Gasteiger partial charge in [0.15, 0.2) is 5.82 Å². The quantitative estimate of drug-likeness (QED) is 0.539. The Bertz CT molecular complexity index is 1070. The number of amides is 1. The minimum Gasteiger partial charge on any atom is -0.496 e. The highest BCUT2D eigenvalue weighted by atomic mass is 32.1. The molecule has 0 bridgehead atoms. The third kappa shape index (κ3) is 3.45. The van der Waals surface area contributed by atoms with Crippen LogP contribution in [0.15, 0.2) is 66.0 Å². The van der Waals surface area contributed by atoms with Gasteiger partial charge in [0.05, 0.1) is 12.7 Å². The van der Waals surface area contributed by atoms with Crippen LogP contribution in [0.5, 0.6) is 5.75 Å². The highest BCUT2D eigenvalue weighted by Crippen LogP contribution is 2.30. The van der Waals surface area contributed by atoms with Crippen LogP contribution in [0, 0.1) is 0 Å². The molecule has 27 heavy (non-hydrogen) atoms. The van der Waals surface area contributed by atoms with Crippen LogP contribution in [0.4, 0.5) is 5.95 Å². The van der Waals surface area contributed by atoms with Gasteiger partial charge in [0.1, 0.15) is 10.6 Å². The summed E-state index contributed by atoms with van der Waals surface area (Å²) in [4.78, 5) is 17.7. The lowest BCUT2D eigenvalue weighted by Gasteiger charge is -2.04. The number of hydrogen-bond acceptors (Lipinski definition) is 5. The Kier molecular flexibility index (Phi) is 4.67. The maximum Gasteiger partial charge on any atom is 0.268 e. The van der Waals surface area contributed by atoms with E-state index in [-0.39, 0.29) is 11.9 Å². The molecule has 134 valence electrons. The van der Waals surface area contributed by atoms with Gasteiger partial charge in [-0.1, -0.05) is 42.5 Å². The highest BCUT2D eigenvalue weighted by Gasteiger charge is 2.17. The fraction of sp³-hybridized carbons (Fsp3) is 0.0500. The summed E-state index contributed by atoms with van der Waals surface area (Å²) in [7, 11) is 1.60. The minimum atomic E-state index is -0.241. The lowest BCUT2D eigenvalue weighted by atomic mass is 10.1. The topological polar surface area (TPSA) is 79.9 Å². The Labute approximate surface area is 159 Å². The molecule has 0 atom stereocenters. The van der Waals surface area contributed by atoms with E-state index in [0.29, 0.717) is 16.5 Å². The normalized spacial score (nSPS) is 10.6. The first kappa shape index (κ1) is 17.0. The Morgan fingerprint density at radius 1 is 1.04 bits per heavy atom. The second kappa shape index (κ2) is 7.43. The zero-order valence-corrected chi connectivity index (χ0v) is 15.3. The summed E-state index contributed by atoms with van der Waals surface area (Å²) in [5.41, 5.74) is 2.65. The summed E-state index contributed by atoms with van der Waals surface area (Å²) < 4.78 is 5.34. The third-order valence-electron chi connectivity index (χ3n) is 4.03. The smallest absolute Gasteiger partial charge is 0.268 e. The number of thiophene rings is 1. The number of para-hydroxylation sites is 1. The average Bonchev–Trinajstić information content (AvgIpc) is 3.38. The number of aromatic nitrogens is 3. The molecule has 6 nitrogen and oxygen atoms in total. The summed E-state index contributed by atoms with van der Waals surface area (Å²) in [6.07, 6.45) is 0. The molecule has 4 rings (SSSR count). The molecular formula is C20H16N4O2S. The summed E-state index contributed by atoms with van der Waals surface area (Å²) in [5, 5.41) is 11.6. The molecular weight excluding hydrogens is 360 g/mol. The molecule has 0 saturated heterocycles. The first-order valence-electron chi connectivity index (χ1n) is 8.26. The molecule has 0 fully saturated rings. The van der Waals surface area contributed by atoms with Gasteiger partial charge >= 0.3 is 0 Å². The van der Waals surface area contributed by atoms with E-state index >= 15 is 0 Å². The molecule has 2 aromatic carbocycles. The molecule has 2 heterocycles. The number of anilines is 1. The first-order valence-corrected chi connectivity index (χ1v) is 9.14. The van der Waals surface area contributed by atoms with Crippen LogP contribution >= 0.6 is 11.3 Å². The van der Waals surface area contributed by atoms with Crippen LogP contribution in [0.25, 0.3) is 22.5 Å². The van der Waals surface area contributed by atoms with Gasteiger partial charge in [-0.2, -0.15) is 4.98 Å². The first-order chi connectivity index (χ1) is 13.3. The van der Waals surface area contributed by atoms with Crippen molar-refractivity contribution in [3.63, 3.8) is 0 Å². The number of benzene rings is 2. The number of nitrogens with zero attached hydrogens (tertiary/aromatic N) is 2. The van der Waals surface area contributed by atoms with Crippen molar-refractivity contribution in [1.29, 1.82) is 0 Å². The molecule has 0 aliphatic carbocycles. The zero-order valence-electron chi connectivity index (χ0n) is 14.5. The third-order valence-corrected chi connectivity index (χ3v) is 4.94. The maximum atomic E-state index is 12.7. The Morgan fingerprint density at radius 2 is 1.81 bits per heavy atom. The number of rotatable bonds is 5. The molecule has 2 N–H and O–H groups in total. The largest absolute Gasteiger partial charge is 0.496 e. The van der Waals surface area contributed by atoms with Crippen molar-refractivity contribution >= 4 is 23.2 Å². The van der Waals surface area contributed by atoms with Gasteiger partial charge < -0.3 is 4.74 Å². The number of aromatic amines is 1. The number of carbonyl (C=O) groups is 1. The second-order valence-electron chi connectivity index (χ2n) is 5.69.